The van der Waals surface area contributed by atoms with Crippen LogP contribution in [0.5, 0.6) is 5.75 Å². The van der Waals surface area contributed by atoms with E-state index in [2.05, 4.69) is 15.9 Å². The number of ether oxygens (including phenoxy) is 2. The lowest BCUT2D eigenvalue weighted by Gasteiger charge is -2.30. The molecular weight excluding hydrogens is 472 g/mol. The summed E-state index contributed by atoms with van der Waals surface area (Å²) in [6.45, 7) is 1.94. The summed E-state index contributed by atoms with van der Waals surface area (Å²) in [6.07, 6.45) is 0. The second-order valence-electron chi connectivity index (χ2n) is 7.34. The number of carbonyl (C=O) groups is 1. The molecule has 1 aliphatic heterocycles. The first-order chi connectivity index (χ1) is 15.5. The number of carbonyl (C=O) groups excluding carboxylic acids is 1. The lowest BCUT2D eigenvalue weighted by molar-refractivity contribution is -0.139. The third kappa shape index (κ3) is 3.15. The average Bonchev–Trinajstić information content (AvgIpc) is 2.78. The maximum atomic E-state index is 13.0. The Balaban J connectivity index is 1.89. The highest BCUT2D eigenvalue weighted by molar-refractivity contribution is 9.10. The van der Waals surface area contributed by atoms with E-state index in [-0.39, 0.29) is 18.1 Å². The van der Waals surface area contributed by atoms with Gasteiger partial charge >= 0.3 is 5.97 Å². The van der Waals surface area contributed by atoms with Crippen LogP contribution >= 0.6 is 15.9 Å². The van der Waals surface area contributed by atoms with E-state index >= 15 is 0 Å². The van der Waals surface area contributed by atoms with Crippen molar-refractivity contribution in [1.29, 1.82) is 0 Å². The maximum absolute atomic E-state index is 13.0. The lowest BCUT2D eigenvalue weighted by Crippen LogP contribution is -2.28. The van der Waals surface area contributed by atoms with E-state index in [0.717, 1.165) is 21.1 Å². The van der Waals surface area contributed by atoms with Gasteiger partial charge in [-0.05, 0) is 36.8 Å². The first-order valence-electron chi connectivity index (χ1n) is 10.1. The molecule has 0 bridgehead atoms. The fourth-order valence-corrected chi connectivity index (χ4v) is 4.58. The number of benzene rings is 3. The van der Waals surface area contributed by atoms with E-state index in [0.29, 0.717) is 28.0 Å². The van der Waals surface area contributed by atoms with Gasteiger partial charge in [0.2, 0.25) is 5.88 Å². The van der Waals surface area contributed by atoms with Gasteiger partial charge in [0.25, 0.3) is 0 Å². The van der Waals surface area contributed by atoms with Crippen LogP contribution in [0.4, 0.5) is 5.69 Å². The Kier molecular flexibility index (Phi) is 4.94. The number of nitrogens with zero attached hydrogens (tertiary/aromatic N) is 2. The Bertz CT molecular complexity index is 1430. The average molecular weight is 491 g/mol. The summed E-state index contributed by atoms with van der Waals surface area (Å²) >= 11 is 3.62. The molecule has 8 heteroatoms. The minimum absolute atomic E-state index is 0.0449. The molecule has 4 aromatic rings. The van der Waals surface area contributed by atoms with Crippen molar-refractivity contribution < 1.29 is 14.3 Å². The number of para-hydroxylation sites is 2. The van der Waals surface area contributed by atoms with Gasteiger partial charge in [0.1, 0.15) is 5.57 Å². The zero-order chi connectivity index (χ0) is 22.4. The number of fused-ring (bicyclic) bond motifs is 4. The number of rotatable bonds is 3. The Hall–Kier alpha value is -3.65. The first-order valence-corrected chi connectivity index (χ1v) is 10.9. The van der Waals surface area contributed by atoms with Crippen LogP contribution in [0.25, 0.3) is 22.1 Å². The number of hydrogen-bond donors (Lipinski definition) is 2. The molecule has 0 spiro atoms. The van der Waals surface area contributed by atoms with Crippen LogP contribution in [0, 0.1) is 0 Å². The van der Waals surface area contributed by atoms with E-state index < -0.39 is 11.9 Å². The number of hydrogen-bond acceptors (Lipinski definition) is 7. The van der Waals surface area contributed by atoms with E-state index in [4.69, 9.17) is 30.9 Å². The second kappa shape index (κ2) is 7.80. The predicted octanol–water partition coefficient (Wildman–Crippen LogP) is 4.39. The summed E-state index contributed by atoms with van der Waals surface area (Å²) in [6, 6.07) is 16.9. The summed E-state index contributed by atoms with van der Waals surface area (Å²) in [5, 5.41) is 0. The van der Waals surface area contributed by atoms with Crippen LogP contribution in [0.15, 0.2) is 70.5 Å². The summed E-state index contributed by atoms with van der Waals surface area (Å²) in [4.78, 5) is 22.6. The van der Waals surface area contributed by atoms with E-state index in [1.54, 1.807) is 13.0 Å². The molecule has 0 saturated heterocycles. The summed E-state index contributed by atoms with van der Waals surface area (Å²) in [5.74, 6) is -0.847. The number of aromatic nitrogens is 2. The molecule has 0 fully saturated rings. The van der Waals surface area contributed by atoms with E-state index in [1.807, 2.05) is 48.5 Å². The minimum Gasteiger partial charge on any atom is -0.462 e. The van der Waals surface area contributed by atoms with Crippen molar-refractivity contribution in [2.45, 2.75) is 12.8 Å². The van der Waals surface area contributed by atoms with Crippen molar-refractivity contribution in [1.82, 2.24) is 9.97 Å². The van der Waals surface area contributed by atoms with Crippen molar-refractivity contribution in [3.05, 3.63) is 81.7 Å². The Morgan fingerprint density at radius 3 is 2.47 bits per heavy atom. The topological polar surface area (TPSA) is 113 Å². The van der Waals surface area contributed by atoms with Crippen molar-refractivity contribution in [3.8, 4) is 5.75 Å². The molecule has 0 saturated carbocycles. The quantitative estimate of drug-likeness (QED) is 0.248. The van der Waals surface area contributed by atoms with Crippen molar-refractivity contribution in [2.75, 3.05) is 12.3 Å². The molecule has 0 aliphatic carbocycles. The zero-order valence-electron chi connectivity index (χ0n) is 17.1. The van der Waals surface area contributed by atoms with Gasteiger partial charge in [0, 0.05) is 10.0 Å². The lowest BCUT2D eigenvalue weighted by atomic mass is 9.82. The summed E-state index contributed by atoms with van der Waals surface area (Å²) in [5.41, 5.74) is 17.3. The molecule has 0 radical (unpaired) electrons. The van der Waals surface area contributed by atoms with Crippen LogP contribution in [0.3, 0.4) is 0 Å². The van der Waals surface area contributed by atoms with Gasteiger partial charge in [-0.3, -0.25) is 0 Å². The van der Waals surface area contributed by atoms with Crippen molar-refractivity contribution in [2.24, 2.45) is 5.73 Å². The molecule has 1 unspecified atom stereocenters. The molecule has 32 heavy (non-hydrogen) atoms. The first kappa shape index (κ1) is 20.3. The molecule has 2 heterocycles. The van der Waals surface area contributed by atoms with Crippen molar-refractivity contribution >= 4 is 49.7 Å². The number of nitrogens with two attached hydrogens (primary N) is 2. The van der Waals surface area contributed by atoms with Crippen LogP contribution in [-0.2, 0) is 9.53 Å². The fraction of sp³-hybridized carbons (Fsp3) is 0.125. The highest BCUT2D eigenvalue weighted by atomic mass is 79.9. The molecule has 5 rings (SSSR count). The Morgan fingerprint density at radius 2 is 1.75 bits per heavy atom. The Morgan fingerprint density at radius 1 is 1.06 bits per heavy atom. The van der Waals surface area contributed by atoms with Gasteiger partial charge in [-0.15, -0.1) is 0 Å². The smallest absolute Gasteiger partial charge is 0.340 e. The number of esters is 1. The monoisotopic (exact) mass is 490 g/mol. The van der Waals surface area contributed by atoms with Gasteiger partial charge < -0.3 is 20.9 Å². The third-order valence-corrected chi connectivity index (χ3v) is 6.14. The minimum atomic E-state index is -0.616. The van der Waals surface area contributed by atoms with Crippen LogP contribution in [0.2, 0.25) is 0 Å². The SMILES string of the molecule is CCOC(=O)C1=C(N)Oc2c(N)cc3nc4ccccc4nc3c2C1c1ccccc1Br. The number of anilines is 1. The third-order valence-electron chi connectivity index (χ3n) is 5.42. The summed E-state index contributed by atoms with van der Waals surface area (Å²) < 4.78 is 12.0. The zero-order valence-corrected chi connectivity index (χ0v) is 18.7. The summed E-state index contributed by atoms with van der Waals surface area (Å²) in [7, 11) is 0. The fourth-order valence-electron chi connectivity index (χ4n) is 4.07. The molecule has 160 valence electrons. The Labute approximate surface area is 192 Å². The molecule has 1 aromatic heterocycles. The van der Waals surface area contributed by atoms with Gasteiger partial charge in [-0.2, -0.15) is 0 Å². The van der Waals surface area contributed by atoms with Gasteiger partial charge in [-0.25, -0.2) is 14.8 Å². The second-order valence-corrected chi connectivity index (χ2v) is 8.20. The van der Waals surface area contributed by atoms with Gasteiger partial charge in [-0.1, -0.05) is 46.3 Å². The van der Waals surface area contributed by atoms with E-state index in [1.165, 1.54) is 0 Å². The molecule has 7 nitrogen and oxygen atoms in total. The van der Waals surface area contributed by atoms with Crippen molar-refractivity contribution in [3.63, 3.8) is 0 Å². The largest absolute Gasteiger partial charge is 0.462 e. The molecule has 1 aliphatic rings. The van der Waals surface area contributed by atoms with E-state index in [9.17, 15) is 4.79 Å². The highest BCUT2D eigenvalue weighted by Crippen LogP contribution is 2.49. The van der Waals surface area contributed by atoms with Gasteiger partial charge in [0.15, 0.2) is 5.75 Å². The molecular formula is C24H19BrN4O3. The van der Waals surface area contributed by atoms with Crippen LogP contribution in [0.1, 0.15) is 24.0 Å². The normalized spacial score (nSPS) is 15.5. The predicted molar refractivity (Wildman–Crippen MR) is 126 cm³/mol. The van der Waals surface area contributed by atoms with Crippen LogP contribution < -0.4 is 16.2 Å². The maximum Gasteiger partial charge on any atom is 0.340 e. The number of nitrogen functional groups attached to an aromatic ring is 1. The highest BCUT2D eigenvalue weighted by Gasteiger charge is 2.39. The van der Waals surface area contributed by atoms with Crippen LogP contribution in [-0.4, -0.2) is 22.5 Å². The molecule has 3 aromatic carbocycles. The number of halogens is 1. The standard InChI is InChI=1S/C24H19BrN4O3/c1-2-31-24(30)20-18(12-7-3-4-8-13(12)25)19-21-17(11-14(26)22(19)32-23(20)27)28-15-9-5-6-10-16(15)29-21/h3-11,18H,2,26-27H2,1H3. The van der Waals surface area contributed by atoms with Gasteiger partial charge in [0.05, 0.1) is 40.3 Å². The molecule has 0 amide bonds. The molecule has 1 atom stereocenters. The molecule has 4 N–H and O–H groups in total.